The summed E-state index contributed by atoms with van der Waals surface area (Å²) in [6.07, 6.45) is 1.70. The smallest absolute Gasteiger partial charge is 0.311 e. The van der Waals surface area contributed by atoms with Crippen LogP contribution in [0.15, 0.2) is 54.7 Å². The lowest BCUT2D eigenvalue weighted by Gasteiger charge is -2.13. The molecule has 0 fully saturated rings. The van der Waals surface area contributed by atoms with Crippen molar-refractivity contribution in [2.75, 3.05) is 11.9 Å². The number of rotatable bonds is 8. The number of nitro benzene ring substituents is 1. The van der Waals surface area contributed by atoms with Gasteiger partial charge in [0.2, 0.25) is 0 Å². The van der Waals surface area contributed by atoms with Gasteiger partial charge >= 0.3 is 5.69 Å². The Morgan fingerprint density at radius 3 is 2.64 bits per heavy atom. The van der Waals surface area contributed by atoms with Crippen LogP contribution in [-0.4, -0.2) is 26.5 Å². The number of halogens is 1. The maximum absolute atomic E-state index is 11.6. The van der Waals surface area contributed by atoms with Crippen LogP contribution < -0.4 is 14.8 Å². The van der Waals surface area contributed by atoms with Crippen LogP contribution in [0.2, 0.25) is 5.02 Å². The Morgan fingerprint density at radius 2 is 1.94 bits per heavy atom. The molecule has 4 rings (SSSR count). The zero-order valence-electron chi connectivity index (χ0n) is 17.9. The number of nitrogens with zero attached hydrogens (tertiary/aromatic N) is 4. The number of pyridine rings is 1. The summed E-state index contributed by atoms with van der Waals surface area (Å²) in [6, 6.07) is 13.8. The topological polar surface area (TPSA) is 112 Å². The molecule has 0 atom stereocenters. The Labute approximate surface area is 194 Å². The van der Waals surface area contributed by atoms with Crippen molar-refractivity contribution in [3.8, 4) is 11.5 Å². The number of hydrogen-bond acceptors (Lipinski definition) is 8. The number of anilines is 2. The summed E-state index contributed by atoms with van der Waals surface area (Å²) in [7, 11) is 0. The minimum absolute atomic E-state index is 0.156. The zero-order chi connectivity index (χ0) is 23.4. The van der Waals surface area contributed by atoms with Gasteiger partial charge in [0.1, 0.15) is 24.0 Å². The first kappa shape index (κ1) is 22.2. The number of hydrogen-bond donors (Lipinski definition) is 1. The van der Waals surface area contributed by atoms with E-state index in [0.29, 0.717) is 45.6 Å². The van der Waals surface area contributed by atoms with Crippen molar-refractivity contribution < 1.29 is 14.4 Å². The summed E-state index contributed by atoms with van der Waals surface area (Å²) < 4.78 is 11.2. The standard InChI is InChI=1S/C23H20ClN5O4/c1-3-32-22-12-19-17(11-20(22)29(30)31)23(27-14(2)26-19)28-15-7-8-21(18(24)10-15)33-13-16-6-4-5-9-25-16/h4-12H,3,13H2,1-2H3,(H,26,27,28). The molecule has 0 radical (unpaired) electrons. The van der Waals surface area contributed by atoms with E-state index in [0.717, 1.165) is 5.69 Å². The van der Waals surface area contributed by atoms with Crippen molar-refractivity contribution in [3.05, 3.63) is 81.4 Å². The lowest BCUT2D eigenvalue weighted by atomic mass is 10.2. The van der Waals surface area contributed by atoms with E-state index in [2.05, 4.69) is 20.3 Å². The highest BCUT2D eigenvalue weighted by molar-refractivity contribution is 6.32. The number of benzene rings is 2. The first-order chi connectivity index (χ1) is 15.9. The molecule has 4 aromatic rings. The fourth-order valence-corrected chi connectivity index (χ4v) is 3.47. The summed E-state index contributed by atoms with van der Waals surface area (Å²) in [5, 5.41) is 15.6. The molecule has 0 saturated carbocycles. The quantitative estimate of drug-likeness (QED) is 0.263. The molecular formula is C23H20ClN5O4. The molecule has 0 spiro atoms. The summed E-state index contributed by atoms with van der Waals surface area (Å²) >= 11 is 6.41. The lowest BCUT2D eigenvalue weighted by molar-refractivity contribution is -0.385. The largest absolute Gasteiger partial charge is 0.487 e. The molecule has 9 nitrogen and oxygen atoms in total. The van der Waals surface area contributed by atoms with Gasteiger partial charge in [0.15, 0.2) is 5.75 Å². The van der Waals surface area contributed by atoms with Gasteiger partial charge < -0.3 is 14.8 Å². The molecule has 33 heavy (non-hydrogen) atoms. The molecule has 168 valence electrons. The summed E-state index contributed by atoms with van der Waals surface area (Å²) in [4.78, 5) is 24.1. The molecule has 0 saturated heterocycles. The average Bonchev–Trinajstić information content (AvgIpc) is 2.79. The molecular weight excluding hydrogens is 446 g/mol. The minimum Gasteiger partial charge on any atom is -0.487 e. The van der Waals surface area contributed by atoms with E-state index in [1.165, 1.54) is 6.07 Å². The molecule has 0 aliphatic heterocycles. The lowest BCUT2D eigenvalue weighted by Crippen LogP contribution is -2.02. The van der Waals surface area contributed by atoms with Gasteiger partial charge in [-0.15, -0.1) is 0 Å². The van der Waals surface area contributed by atoms with Gasteiger partial charge in [0.05, 0.1) is 33.1 Å². The number of aryl methyl sites for hydroxylation is 1. The Bertz CT molecular complexity index is 1320. The second-order valence-electron chi connectivity index (χ2n) is 7.03. The van der Waals surface area contributed by atoms with Crippen LogP contribution in [0.3, 0.4) is 0 Å². The second kappa shape index (κ2) is 9.66. The predicted molar refractivity (Wildman–Crippen MR) is 125 cm³/mol. The van der Waals surface area contributed by atoms with E-state index < -0.39 is 4.92 Å². The molecule has 0 aliphatic carbocycles. The number of nitrogens with one attached hydrogen (secondary N) is 1. The first-order valence-electron chi connectivity index (χ1n) is 10.1. The third-order valence-electron chi connectivity index (χ3n) is 4.68. The van der Waals surface area contributed by atoms with Crippen LogP contribution in [0.1, 0.15) is 18.4 Å². The maximum atomic E-state index is 11.6. The highest BCUT2D eigenvalue weighted by Gasteiger charge is 2.20. The molecule has 0 amide bonds. The number of ether oxygens (including phenoxy) is 2. The van der Waals surface area contributed by atoms with Gasteiger partial charge in [-0.1, -0.05) is 17.7 Å². The molecule has 0 unspecified atom stereocenters. The van der Waals surface area contributed by atoms with Gasteiger partial charge in [-0.05, 0) is 44.2 Å². The summed E-state index contributed by atoms with van der Waals surface area (Å²) in [5.74, 6) is 1.59. The van der Waals surface area contributed by atoms with Crippen molar-refractivity contribution >= 4 is 39.7 Å². The molecule has 2 aromatic heterocycles. The SMILES string of the molecule is CCOc1cc2nc(C)nc(Nc3ccc(OCc4ccccn4)c(Cl)c3)c2cc1[N+](=O)[O-]. The maximum Gasteiger partial charge on any atom is 0.311 e. The Balaban J connectivity index is 1.63. The fraction of sp³-hybridized carbons (Fsp3) is 0.174. The third kappa shape index (κ3) is 5.09. The molecule has 2 heterocycles. The Hall–Kier alpha value is -3.98. The Kier molecular flexibility index (Phi) is 6.50. The normalized spacial score (nSPS) is 10.8. The monoisotopic (exact) mass is 465 g/mol. The van der Waals surface area contributed by atoms with Crippen LogP contribution in [0, 0.1) is 17.0 Å². The van der Waals surface area contributed by atoms with E-state index >= 15 is 0 Å². The summed E-state index contributed by atoms with van der Waals surface area (Å²) in [6.45, 7) is 4.09. The molecule has 1 N–H and O–H groups in total. The van der Waals surface area contributed by atoms with Gasteiger partial charge in [0, 0.05) is 24.0 Å². The third-order valence-corrected chi connectivity index (χ3v) is 4.98. The average molecular weight is 466 g/mol. The molecule has 0 aliphatic rings. The van der Waals surface area contributed by atoms with Crippen LogP contribution in [0.4, 0.5) is 17.2 Å². The van der Waals surface area contributed by atoms with E-state index in [-0.39, 0.29) is 18.0 Å². The summed E-state index contributed by atoms with van der Waals surface area (Å²) in [5.41, 5.74) is 1.80. The fourth-order valence-electron chi connectivity index (χ4n) is 3.24. The van der Waals surface area contributed by atoms with Gasteiger partial charge in [-0.25, -0.2) is 9.97 Å². The van der Waals surface area contributed by atoms with Crippen LogP contribution >= 0.6 is 11.6 Å². The minimum atomic E-state index is -0.487. The number of fused-ring (bicyclic) bond motifs is 1. The molecule has 0 bridgehead atoms. The molecule has 10 heteroatoms. The van der Waals surface area contributed by atoms with Gasteiger partial charge in [0.25, 0.3) is 0 Å². The number of aromatic nitrogens is 3. The predicted octanol–water partition coefficient (Wildman–Crippen LogP) is 5.62. The number of nitro groups is 1. The highest BCUT2D eigenvalue weighted by Crippen LogP contribution is 2.36. The van der Waals surface area contributed by atoms with Crippen molar-refractivity contribution in [2.24, 2.45) is 0 Å². The van der Waals surface area contributed by atoms with E-state index in [1.54, 1.807) is 44.3 Å². The van der Waals surface area contributed by atoms with E-state index in [1.807, 2.05) is 18.2 Å². The van der Waals surface area contributed by atoms with E-state index in [4.69, 9.17) is 21.1 Å². The van der Waals surface area contributed by atoms with Crippen molar-refractivity contribution in [1.82, 2.24) is 15.0 Å². The second-order valence-corrected chi connectivity index (χ2v) is 7.43. The zero-order valence-corrected chi connectivity index (χ0v) is 18.7. The van der Waals surface area contributed by atoms with Crippen LogP contribution in [0.5, 0.6) is 11.5 Å². The first-order valence-corrected chi connectivity index (χ1v) is 10.5. The Morgan fingerprint density at radius 1 is 1.09 bits per heavy atom. The molecule has 2 aromatic carbocycles. The van der Waals surface area contributed by atoms with Crippen molar-refractivity contribution in [3.63, 3.8) is 0 Å². The van der Waals surface area contributed by atoms with Crippen molar-refractivity contribution in [1.29, 1.82) is 0 Å². The van der Waals surface area contributed by atoms with Crippen LogP contribution in [0.25, 0.3) is 10.9 Å². The van der Waals surface area contributed by atoms with Gasteiger partial charge in [-0.2, -0.15) is 0 Å². The van der Waals surface area contributed by atoms with Gasteiger partial charge in [-0.3, -0.25) is 15.1 Å². The van der Waals surface area contributed by atoms with E-state index in [9.17, 15) is 10.1 Å². The highest BCUT2D eigenvalue weighted by atomic mass is 35.5. The van der Waals surface area contributed by atoms with Crippen molar-refractivity contribution in [2.45, 2.75) is 20.5 Å². The van der Waals surface area contributed by atoms with Crippen LogP contribution in [-0.2, 0) is 6.61 Å².